The predicted octanol–water partition coefficient (Wildman–Crippen LogP) is 1.85. The van der Waals surface area contributed by atoms with Crippen molar-refractivity contribution in [2.75, 3.05) is 5.75 Å². The average Bonchev–Trinajstić information content (AvgIpc) is 2.73. The van der Waals surface area contributed by atoms with Crippen LogP contribution in [0, 0.1) is 0 Å². The van der Waals surface area contributed by atoms with Gasteiger partial charge in [0.25, 0.3) is 0 Å². The van der Waals surface area contributed by atoms with Gasteiger partial charge in [0.05, 0.1) is 5.75 Å². The van der Waals surface area contributed by atoms with Gasteiger partial charge in [0.2, 0.25) is 11.1 Å². The van der Waals surface area contributed by atoms with E-state index in [1.54, 1.807) is 0 Å². The summed E-state index contributed by atoms with van der Waals surface area (Å²) in [5.74, 6) is -0.270. The number of halogens is 1. The van der Waals surface area contributed by atoms with E-state index in [-0.39, 0.29) is 5.75 Å². The molecule has 1 aromatic carbocycles. The zero-order valence-electron chi connectivity index (χ0n) is 9.55. The van der Waals surface area contributed by atoms with Gasteiger partial charge >= 0.3 is 0 Å². The van der Waals surface area contributed by atoms with Gasteiger partial charge < -0.3 is 10.7 Å². The van der Waals surface area contributed by atoms with Crippen LogP contribution in [0.15, 0.2) is 27.8 Å². The summed E-state index contributed by atoms with van der Waals surface area (Å²) in [7, 11) is 0. The molecule has 6 nitrogen and oxygen atoms in total. The number of nitrogens with zero attached hydrogens (tertiary/aromatic N) is 3. The summed E-state index contributed by atoms with van der Waals surface area (Å²) >= 11 is 4.59. The molecule has 0 radical (unpaired) electrons. The van der Waals surface area contributed by atoms with Crippen molar-refractivity contribution < 1.29 is 4.79 Å². The Hall–Kier alpha value is -1.67. The molecule has 0 aliphatic heterocycles. The normalized spacial score (nSPS) is 11.2. The highest BCUT2D eigenvalue weighted by atomic mass is 79.9. The number of thioether (sulfide) groups is 1. The van der Waals surface area contributed by atoms with E-state index >= 15 is 0 Å². The molecule has 3 rings (SSSR count). The minimum Gasteiger partial charge on any atom is -0.369 e. The van der Waals surface area contributed by atoms with Crippen molar-refractivity contribution in [1.29, 1.82) is 0 Å². The number of H-pyrrole nitrogens is 1. The second kappa shape index (κ2) is 4.78. The standard InChI is InChI=1S/C11H8BrN5OS/c12-5-1-2-7-6(3-5)9-10(14-7)15-11(17-16-9)19-4-8(13)18/h1-3H,4H2,(H2,13,18)(H,14,15,17). The van der Waals surface area contributed by atoms with Crippen molar-refractivity contribution in [2.45, 2.75) is 5.16 Å². The fraction of sp³-hybridized carbons (Fsp3) is 0.0909. The van der Waals surface area contributed by atoms with Crippen LogP contribution < -0.4 is 5.73 Å². The number of nitrogens with one attached hydrogen (secondary N) is 1. The van der Waals surface area contributed by atoms with Crippen molar-refractivity contribution in [3.63, 3.8) is 0 Å². The highest BCUT2D eigenvalue weighted by Gasteiger charge is 2.10. The lowest BCUT2D eigenvalue weighted by Gasteiger charge is -1.95. The number of fused-ring (bicyclic) bond motifs is 3. The van der Waals surface area contributed by atoms with E-state index in [4.69, 9.17) is 5.73 Å². The lowest BCUT2D eigenvalue weighted by molar-refractivity contribution is -0.115. The molecule has 0 saturated heterocycles. The molecule has 0 saturated carbocycles. The number of hydrogen-bond donors (Lipinski definition) is 2. The predicted molar refractivity (Wildman–Crippen MR) is 76.8 cm³/mol. The van der Waals surface area contributed by atoms with E-state index in [1.165, 1.54) is 11.8 Å². The van der Waals surface area contributed by atoms with E-state index in [2.05, 4.69) is 36.1 Å². The Kier molecular flexibility index (Phi) is 3.11. The summed E-state index contributed by atoms with van der Waals surface area (Å²) in [5.41, 5.74) is 7.38. The number of aromatic nitrogens is 4. The maximum atomic E-state index is 10.7. The van der Waals surface area contributed by atoms with Gasteiger partial charge in [-0.1, -0.05) is 27.7 Å². The van der Waals surface area contributed by atoms with Crippen LogP contribution in [-0.4, -0.2) is 31.8 Å². The molecular formula is C11H8BrN5OS. The van der Waals surface area contributed by atoms with Gasteiger partial charge in [0.1, 0.15) is 5.52 Å². The molecule has 0 bridgehead atoms. The summed E-state index contributed by atoms with van der Waals surface area (Å²) in [6, 6.07) is 5.84. The van der Waals surface area contributed by atoms with E-state index in [9.17, 15) is 4.79 Å². The molecule has 0 spiro atoms. The van der Waals surface area contributed by atoms with Crippen LogP contribution in [-0.2, 0) is 4.79 Å². The molecule has 96 valence electrons. The van der Waals surface area contributed by atoms with Gasteiger partial charge in [-0.3, -0.25) is 4.79 Å². The van der Waals surface area contributed by atoms with Gasteiger partial charge in [-0.15, -0.1) is 10.2 Å². The Morgan fingerprint density at radius 3 is 3.05 bits per heavy atom. The van der Waals surface area contributed by atoms with Gasteiger partial charge in [0, 0.05) is 15.4 Å². The number of aromatic amines is 1. The number of rotatable bonds is 3. The number of benzene rings is 1. The number of nitrogens with two attached hydrogens (primary N) is 1. The van der Waals surface area contributed by atoms with Gasteiger partial charge in [0.15, 0.2) is 5.65 Å². The first-order valence-electron chi connectivity index (χ1n) is 5.36. The van der Waals surface area contributed by atoms with Crippen LogP contribution in [0.5, 0.6) is 0 Å². The van der Waals surface area contributed by atoms with Gasteiger partial charge in [-0.2, -0.15) is 0 Å². The number of carbonyl (C=O) groups excluding carboxylic acids is 1. The summed E-state index contributed by atoms with van der Waals surface area (Å²) in [6.07, 6.45) is 0. The van der Waals surface area contributed by atoms with Crippen LogP contribution >= 0.6 is 27.7 Å². The monoisotopic (exact) mass is 337 g/mol. The molecule has 3 N–H and O–H groups in total. The van der Waals surface area contributed by atoms with Crippen LogP contribution in [0.1, 0.15) is 0 Å². The number of primary amides is 1. The molecule has 0 fully saturated rings. The number of carbonyl (C=O) groups is 1. The van der Waals surface area contributed by atoms with E-state index in [0.29, 0.717) is 16.3 Å². The lowest BCUT2D eigenvalue weighted by atomic mass is 10.2. The molecule has 0 aliphatic carbocycles. The quantitative estimate of drug-likeness (QED) is 0.710. The molecule has 0 aliphatic rings. The van der Waals surface area contributed by atoms with Crippen LogP contribution in [0.4, 0.5) is 0 Å². The number of hydrogen-bond acceptors (Lipinski definition) is 5. The summed E-state index contributed by atoms with van der Waals surface area (Å²) in [6.45, 7) is 0. The lowest BCUT2D eigenvalue weighted by Crippen LogP contribution is -2.13. The average molecular weight is 338 g/mol. The molecule has 0 unspecified atom stereocenters. The first-order valence-corrected chi connectivity index (χ1v) is 7.14. The Labute approximate surface area is 120 Å². The molecule has 8 heteroatoms. The minimum absolute atomic E-state index is 0.138. The largest absolute Gasteiger partial charge is 0.369 e. The van der Waals surface area contributed by atoms with E-state index in [0.717, 1.165) is 15.4 Å². The van der Waals surface area contributed by atoms with Crippen molar-refractivity contribution in [2.24, 2.45) is 5.73 Å². The third kappa shape index (κ3) is 2.41. The van der Waals surface area contributed by atoms with Gasteiger partial charge in [-0.05, 0) is 18.2 Å². The second-order valence-electron chi connectivity index (χ2n) is 3.86. The van der Waals surface area contributed by atoms with Crippen LogP contribution in [0.2, 0.25) is 0 Å². The molecule has 1 amide bonds. The molecular weight excluding hydrogens is 330 g/mol. The molecule has 0 atom stereocenters. The summed E-state index contributed by atoms with van der Waals surface area (Å²) in [5, 5.41) is 9.52. The maximum Gasteiger partial charge on any atom is 0.227 e. The second-order valence-corrected chi connectivity index (χ2v) is 5.72. The SMILES string of the molecule is NC(=O)CSc1nnc2c(n1)[nH]c1ccc(Br)cc12. The zero-order chi connectivity index (χ0) is 13.4. The third-order valence-electron chi connectivity index (χ3n) is 2.50. The van der Waals surface area contributed by atoms with E-state index in [1.807, 2.05) is 18.2 Å². The molecule has 3 aromatic rings. The maximum absolute atomic E-state index is 10.7. The number of amides is 1. The zero-order valence-corrected chi connectivity index (χ0v) is 12.0. The Bertz CT molecular complexity index is 787. The van der Waals surface area contributed by atoms with Crippen molar-refractivity contribution in [3.05, 3.63) is 22.7 Å². The highest BCUT2D eigenvalue weighted by molar-refractivity contribution is 9.10. The fourth-order valence-electron chi connectivity index (χ4n) is 1.73. The minimum atomic E-state index is -0.408. The van der Waals surface area contributed by atoms with Crippen molar-refractivity contribution in [3.8, 4) is 0 Å². The summed E-state index contributed by atoms with van der Waals surface area (Å²) in [4.78, 5) is 18.2. The first-order chi connectivity index (χ1) is 9.13. The third-order valence-corrected chi connectivity index (χ3v) is 3.85. The Balaban J connectivity index is 2.08. The van der Waals surface area contributed by atoms with Crippen molar-refractivity contribution >= 4 is 55.7 Å². The van der Waals surface area contributed by atoms with Crippen LogP contribution in [0.3, 0.4) is 0 Å². The molecule has 2 aromatic heterocycles. The first kappa shape index (κ1) is 12.4. The highest BCUT2D eigenvalue weighted by Crippen LogP contribution is 2.26. The summed E-state index contributed by atoms with van der Waals surface area (Å²) < 4.78 is 0.967. The Morgan fingerprint density at radius 2 is 2.26 bits per heavy atom. The van der Waals surface area contributed by atoms with E-state index < -0.39 is 5.91 Å². The van der Waals surface area contributed by atoms with Gasteiger partial charge in [-0.25, -0.2) is 4.98 Å². The van der Waals surface area contributed by atoms with Crippen molar-refractivity contribution in [1.82, 2.24) is 20.2 Å². The molecule has 19 heavy (non-hydrogen) atoms. The smallest absolute Gasteiger partial charge is 0.227 e. The topological polar surface area (TPSA) is 97.6 Å². The molecule has 2 heterocycles. The fourth-order valence-corrected chi connectivity index (χ4v) is 2.61. The Morgan fingerprint density at radius 1 is 1.42 bits per heavy atom. The van der Waals surface area contributed by atoms with Crippen LogP contribution in [0.25, 0.3) is 22.1 Å².